The molecule has 17 heavy (non-hydrogen) atoms. The van der Waals surface area contributed by atoms with Gasteiger partial charge >= 0.3 is 0 Å². The third-order valence-electron chi connectivity index (χ3n) is 3.42. The van der Waals surface area contributed by atoms with Crippen molar-refractivity contribution < 1.29 is 4.74 Å². The monoisotopic (exact) mass is 338 g/mol. The molecule has 0 aliphatic carbocycles. The lowest BCUT2D eigenvalue weighted by Crippen LogP contribution is -2.07. The molecule has 2 aromatic rings. The van der Waals surface area contributed by atoms with E-state index in [1.807, 2.05) is 0 Å². The quantitative estimate of drug-likeness (QED) is 0.579. The maximum Gasteiger partial charge on any atom is 0.0830 e. The van der Waals surface area contributed by atoms with Gasteiger partial charge in [-0.2, -0.15) is 0 Å². The molecule has 2 heteroatoms. The first kappa shape index (κ1) is 11.5. The molecular formula is C15H15IO. The van der Waals surface area contributed by atoms with E-state index in [0.29, 0.717) is 12.2 Å². The van der Waals surface area contributed by atoms with E-state index >= 15 is 0 Å². The topological polar surface area (TPSA) is 9.23 Å². The van der Waals surface area contributed by atoms with Crippen LogP contribution < -0.4 is 0 Å². The van der Waals surface area contributed by atoms with Gasteiger partial charge in [-0.15, -0.1) is 0 Å². The van der Waals surface area contributed by atoms with Crippen molar-refractivity contribution in [2.24, 2.45) is 0 Å². The lowest BCUT2D eigenvalue weighted by molar-refractivity contribution is 0.0598. The molecule has 1 nitrogen and oxygen atoms in total. The first-order valence-electron chi connectivity index (χ1n) is 6.07. The Morgan fingerprint density at radius 3 is 2.65 bits per heavy atom. The second kappa shape index (κ2) is 4.94. The Hall–Kier alpha value is -0.610. The molecule has 0 spiro atoms. The third-order valence-corrected chi connectivity index (χ3v) is 4.41. The van der Waals surface area contributed by atoms with Crippen molar-refractivity contribution in [3.05, 3.63) is 48.0 Å². The van der Waals surface area contributed by atoms with Crippen LogP contribution >= 0.6 is 22.6 Å². The van der Waals surface area contributed by atoms with Crippen molar-refractivity contribution in [2.45, 2.75) is 25.0 Å². The molecule has 2 aromatic carbocycles. The van der Waals surface area contributed by atoms with Gasteiger partial charge in [-0.05, 0) is 35.2 Å². The van der Waals surface area contributed by atoms with Crippen molar-refractivity contribution in [3.63, 3.8) is 0 Å². The molecule has 1 saturated heterocycles. The minimum absolute atomic E-state index is 0.305. The van der Waals surface area contributed by atoms with E-state index in [1.54, 1.807) is 0 Å². The van der Waals surface area contributed by atoms with E-state index in [0.717, 1.165) is 10.8 Å². The molecule has 88 valence electrons. The van der Waals surface area contributed by atoms with Crippen LogP contribution in [0.3, 0.4) is 0 Å². The number of halogens is 1. The molecule has 0 radical (unpaired) electrons. The molecule has 0 amide bonds. The average molecular weight is 338 g/mol. The third kappa shape index (κ3) is 2.33. The molecule has 1 aliphatic heterocycles. The van der Waals surface area contributed by atoms with Gasteiger partial charge in [0.2, 0.25) is 0 Å². The lowest BCUT2D eigenvalue weighted by Gasteiger charge is -2.13. The van der Waals surface area contributed by atoms with Crippen LogP contribution in [-0.2, 0) is 4.74 Å². The summed E-state index contributed by atoms with van der Waals surface area (Å²) in [6.07, 6.45) is 3.11. The Labute approximate surface area is 115 Å². The van der Waals surface area contributed by atoms with Crippen molar-refractivity contribution in [3.8, 4) is 0 Å². The maximum absolute atomic E-state index is 6.04. The summed E-state index contributed by atoms with van der Waals surface area (Å²) in [5.41, 5.74) is 1.33. The van der Waals surface area contributed by atoms with Gasteiger partial charge in [-0.25, -0.2) is 0 Å². The molecule has 0 aromatic heterocycles. The highest BCUT2D eigenvalue weighted by Gasteiger charge is 2.25. The zero-order valence-corrected chi connectivity index (χ0v) is 11.8. The smallest absolute Gasteiger partial charge is 0.0830 e. The van der Waals surface area contributed by atoms with Gasteiger partial charge in [0.05, 0.1) is 12.2 Å². The fraction of sp³-hybridized carbons (Fsp3) is 0.333. The Morgan fingerprint density at radius 1 is 1.06 bits per heavy atom. The molecule has 0 saturated carbocycles. The van der Waals surface area contributed by atoms with Crippen LogP contribution in [0.5, 0.6) is 0 Å². The summed E-state index contributed by atoms with van der Waals surface area (Å²) in [4.78, 5) is 0. The fourth-order valence-corrected chi connectivity index (χ4v) is 3.12. The molecular weight excluding hydrogens is 323 g/mol. The zero-order chi connectivity index (χ0) is 11.7. The van der Waals surface area contributed by atoms with Crippen LogP contribution in [0.1, 0.15) is 24.5 Å². The zero-order valence-electron chi connectivity index (χ0n) is 9.60. The van der Waals surface area contributed by atoms with E-state index < -0.39 is 0 Å². The van der Waals surface area contributed by atoms with Gasteiger partial charge in [0, 0.05) is 4.43 Å². The Bertz CT molecular complexity index is 523. The van der Waals surface area contributed by atoms with Crippen LogP contribution in [0, 0.1) is 0 Å². The SMILES string of the molecule is IC[C@@H]1CC[C@H](c2ccc3ccccc3c2)O1. The van der Waals surface area contributed by atoms with Crippen molar-refractivity contribution in [2.75, 3.05) is 4.43 Å². The van der Waals surface area contributed by atoms with Crippen molar-refractivity contribution in [1.29, 1.82) is 0 Å². The Morgan fingerprint density at radius 2 is 1.88 bits per heavy atom. The number of rotatable bonds is 2. The van der Waals surface area contributed by atoms with E-state index in [4.69, 9.17) is 4.74 Å². The number of alkyl halides is 1. The summed E-state index contributed by atoms with van der Waals surface area (Å²) in [6.45, 7) is 0. The molecule has 0 unspecified atom stereocenters. The number of hydrogen-bond acceptors (Lipinski definition) is 1. The van der Waals surface area contributed by atoms with Crippen LogP contribution in [-0.4, -0.2) is 10.5 Å². The molecule has 1 aliphatic rings. The first-order chi connectivity index (χ1) is 8.36. The van der Waals surface area contributed by atoms with Crippen molar-refractivity contribution in [1.82, 2.24) is 0 Å². The van der Waals surface area contributed by atoms with E-state index in [9.17, 15) is 0 Å². The molecule has 1 fully saturated rings. The van der Waals surface area contributed by atoms with Crippen LogP contribution in [0.25, 0.3) is 10.8 Å². The minimum atomic E-state index is 0.305. The van der Waals surface area contributed by atoms with Gasteiger partial charge in [0.25, 0.3) is 0 Å². The predicted octanol–water partition coefficient (Wildman–Crippen LogP) is 4.49. The number of hydrogen-bond donors (Lipinski definition) is 0. The van der Waals surface area contributed by atoms with Gasteiger partial charge < -0.3 is 4.74 Å². The summed E-state index contributed by atoms with van der Waals surface area (Å²) in [7, 11) is 0. The standard InChI is InChI=1S/C15H15IO/c16-10-14-7-8-15(17-14)13-6-5-11-3-1-2-4-12(11)9-13/h1-6,9,14-15H,7-8,10H2/t14-,15+/m0/s1. The molecule has 2 atom stereocenters. The number of ether oxygens (including phenoxy) is 1. The van der Waals surface area contributed by atoms with Crippen molar-refractivity contribution >= 4 is 33.4 Å². The summed E-state index contributed by atoms with van der Waals surface area (Å²) < 4.78 is 7.14. The van der Waals surface area contributed by atoms with Gasteiger partial charge in [-0.3, -0.25) is 0 Å². The predicted molar refractivity (Wildman–Crippen MR) is 79.7 cm³/mol. The Balaban J connectivity index is 1.91. The van der Waals surface area contributed by atoms with Gasteiger partial charge in [0.15, 0.2) is 0 Å². The first-order valence-corrected chi connectivity index (χ1v) is 7.59. The van der Waals surface area contributed by atoms with Gasteiger partial charge in [0.1, 0.15) is 0 Å². The van der Waals surface area contributed by atoms with Gasteiger partial charge in [-0.1, -0.05) is 59.0 Å². The second-order valence-corrected chi connectivity index (χ2v) is 5.47. The van der Waals surface area contributed by atoms with Crippen LogP contribution in [0.2, 0.25) is 0 Å². The summed E-state index contributed by atoms with van der Waals surface area (Å²) in [5.74, 6) is 0. The van der Waals surface area contributed by atoms with E-state index in [1.165, 1.54) is 22.8 Å². The second-order valence-electron chi connectivity index (χ2n) is 4.58. The Kier molecular flexibility index (Phi) is 3.34. The average Bonchev–Trinajstić information content (AvgIpc) is 2.87. The number of fused-ring (bicyclic) bond motifs is 1. The normalized spacial score (nSPS) is 24.3. The summed E-state index contributed by atoms with van der Waals surface area (Å²) in [5, 5.41) is 2.62. The highest BCUT2D eigenvalue weighted by molar-refractivity contribution is 14.1. The summed E-state index contributed by atoms with van der Waals surface area (Å²) in [6, 6.07) is 15.2. The van der Waals surface area contributed by atoms with Crippen LogP contribution in [0.4, 0.5) is 0 Å². The largest absolute Gasteiger partial charge is 0.370 e. The van der Waals surface area contributed by atoms with E-state index in [2.05, 4.69) is 65.1 Å². The molecule has 0 N–H and O–H groups in total. The molecule has 1 heterocycles. The highest BCUT2D eigenvalue weighted by Crippen LogP contribution is 2.34. The molecule has 0 bridgehead atoms. The fourth-order valence-electron chi connectivity index (χ4n) is 2.47. The van der Waals surface area contributed by atoms with E-state index in [-0.39, 0.29) is 0 Å². The summed E-state index contributed by atoms with van der Waals surface area (Å²) >= 11 is 2.41. The maximum atomic E-state index is 6.04. The highest BCUT2D eigenvalue weighted by atomic mass is 127. The number of benzene rings is 2. The molecule has 3 rings (SSSR count). The van der Waals surface area contributed by atoms with Crippen LogP contribution in [0.15, 0.2) is 42.5 Å². The minimum Gasteiger partial charge on any atom is -0.370 e. The lowest BCUT2D eigenvalue weighted by atomic mass is 10.0.